The molecule has 0 spiro atoms. The van der Waals surface area contributed by atoms with Gasteiger partial charge in [-0.3, -0.25) is 0 Å². The summed E-state index contributed by atoms with van der Waals surface area (Å²) in [6.07, 6.45) is 3.49. The zero-order valence-corrected chi connectivity index (χ0v) is 8.25. The molecule has 0 aromatic rings. The molecule has 1 unspecified atom stereocenters. The van der Waals surface area contributed by atoms with Gasteiger partial charge >= 0.3 is 6.03 Å². The van der Waals surface area contributed by atoms with E-state index in [-0.39, 0.29) is 6.03 Å². The van der Waals surface area contributed by atoms with Crippen LogP contribution >= 0.6 is 0 Å². The van der Waals surface area contributed by atoms with E-state index < -0.39 is 0 Å². The summed E-state index contributed by atoms with van der Waals surface area (Å²) in [7, 11) is 1.94. The molecular weight excluding hydrogens is 166 g/mol. The summed E-state index contributed by atoms with van der Waals surface area (Å²) in [5.41, 5.74) is 5.26. The van der Waals surface area contributed by atoms with Crippen LogP contribution in [0.1, 0.15) is 19.3 Å². The van der Waals surface area contributed by atoms with Gasteiger partial charge in [-0.25, -0.2) is 4.79 Å². The van der Waals surface area contributed by atoms with Crippen molar-refractivity contribution in [2.75, 3.05) is 26.7 Å². The molecule has 1 atom stereocenters. The first-order valence-corrected chi connectivity index (χ1v) is 4.93. The first-order valence-electron chi connectivity index (χ1n) is 4.93. The second-order valence-corrected chi connectivity index (χ2v) is 3.70. The summed E-state index contributed by atoms with van der Waals surface area (Å²) in [4.78, 5) is 12.7. The van der Waals surface area contributed by atoms with E-state index in [1.54, 1.807) is 4.90 Å². The predicted octanol–water partition coefficient (Wildman–Crippen LogP) is 0.387. The minimum absolute atomic E-state index is 0.275. The predicted molar refractivity (Wildman–Crippen MR) is 52.4 cm³/mol. The Bertz CT molecular complexity index is 172. The van der Waals surface area contributed by atoms with Crippen LogP contribution in [0.3, 0.4) is 0 Å². The lowest BCUT2D eigenvalue weighted by Gasteiger charge is -2.22. The molecular formula is C9H19N3O. The highest BCUT2D eigenvalue weighted by Gasteiger charge is 2.19. The minimum Gasteiger partial charge on any atom is -0.351 e. The van der Waals surface area contributed by atoms with Crippen LogP contribution < -0.4 is 11.1 Å². The largest absolute Gasteiger partial charge is 0.351 e. The molecule has 0 aromatic carbocycles. The monoisotopic (exact) mass is 185 g/mol. The van der Waals surface area contributed by atoms with E-state index in [1.807, 2.05) is 7.05 Å². The number of carbonyl (C=O) groups excluding carboxylic acids is 1. The minimum atomic E-state index is -0.275. The van der Waals surface area contributed by atoms with Gasteiger partial charge in [0.1, 0.15) is 0 Å². The maximum absolute atomic E-state index is 11.0. The third-order valence-corrected chi connectivity index (χ3v) is 2.57. The van der Waals surface area contributed by atoms with E-state index in [1.165, 1.54) is 12.8 Å². The number of hydrogen-bond donors (Lipinski definition) is 2. The maximum Gasteiger partial charge on any atom is 0.314 e. The van der Waals surface area contributed by atoms with Crippen LogP contribution in [0.5, 0.6) is 0 Å². The van der Waals surface area contributed by atoms with Crippen LogP contribution in [0.15, 0.2) is 0 Å². The van der Waals surface area contributed by atoms with Crippen LogP contribution in [0.4, 0.5) is 4.79 Å². The van der Waals surface area contributed by atoms with E-state index in [0.717, 1.165) is 26.1 Å². The highest BCUT2D eigenvalue weighted by Crippen LogP contribution is 2.15. The molecule has 76 valence electrons. The third-order valence-electron chi connectivity index (χ3n) is 2.57. The van der Waals surface area contributed by atoms with E-state index in [2.05, 4.69) is 5.32 Å². The Hall–Kier alpha value is -0.770. The van der Waals surface area contributed by atoms with Gasteiger partial charge in [0.25, 0.3) is 0 Å². The van der Waals surface area contributed by atoms with Crippen molar-refractivity contribution in [1.29, 1.82) is 0 Å². The van der Waals surface area contributed by atoms with Crippen molar-refractivity contribution in [2.45, 2.75) is 19.3 Å². The van der Waals surface area contributed by atoms with Gasteiger partial charge in [-0.2, -0.15) is 0 Å². The Labute approximate surface area is 79.5 Å². The van der Waals surface area contributed by atoms with Gasteiger partial charge in [-0.1, -0.05) is 6.42 Å². The summed E-state index contributed by atoms with van der Waals surface area (Å²) < 4.78 is 0. The molecule has 0 bridgehead atoms. The molecule has 0 saturated carbocycles. The molecule has 1 aliphatic rings. The van der Waals surface area contributed by atoms with Crippen molar-refractivity contribution in [3.63, 3.8) is 0 Å². The number of hydrogen-bond acceptors (Lipinski definition) is 2. The Kier molecular flexibility index (Phi) is 4.02. The summed E-state index contributed by atoms with van der Waals surface area (Å²) in [5.74, 6) is 0.569. The lowest BCUT2D eigenvalue weighted by Crippen LogP contribution is -2.40. The molecule has 4 heteroatoms. The number of nitrogens with two attached hydrogens (primary N) is 1. The number of carbonyl (C=O) groups is 1. The second kappa shape index (κ2) is 5.07. The normalized spacial score (nSPS) is 24.1. The number of urea groups is 1. The molecule has 0 aromatic heterocycles. The van der Waals surface area contributed by atoms with Gasteiger partial charge in [-0.15, -0.1) is 0 Å². The number of primary amides is 1. The van der Waals surface area contributed by atoms with E-state index >= 15 is 0 Å². The van der Waals surface area contributed by atoms with Crippen molar-refractivity contribution in [3.8, 4) is 0 Å². The molecule has 0 aliphatic carbocycles. The van der Waals surface area contributed by atoms with Gasteiger partial charge in [0.05, 0.1) is 0 Å². The van der Waals surface area contributed by atoms with E-state index in [9.17, 15) is 4.79 Å². The Balaban J connectivity index is 2.44. The molecule has 13 heavy (non-hydrogen) atoms. The SMILES string of the molecule is CNCC1CCCCN(C(N)=O)C1. The fraction of sp³-hybridized carbons (Fsp3) is 0.889. The van der Waals surface area contributed by atoms with Gasteiger partial charge in [0.15, 0.2) is 0 Å². The van der Waals surface area contributed by atoms with Crippen molar-refractivity contribution in [3.05, 3.63) is 0 Å². The second-order valence-electron chi connectivity index (χ2n) is 3.70. The number of nitrogens with zero attached hydrogens (tertiary/aromatic N) is 1. The zero-order valence-electron chi connectivity index (χ0n) is 8.25. The number of amides is 2. The van der Waals surface area contributed by atoms with Crippen molar-refractivity contribution < 1.29 is 4.79 Å². The van der Waals surface area contributed by atoms with Crippen molar-refractivity contribution in [2.24, 2.45) is 11.7 Å². The standard InChI is InChI=1S/C9H19N3O/c1-11-6-8-4-2-3-5-12(7-8)9(10)13/h8,11H,2-7H2,1H3,(H2,10,13). The molecule has 1 aliphatic heterocycles. The van der Waals surface area contributed by atoms with Crippen LogP contribution in [0, 0.1) is 5.92 Å². The molecule has 2 amide bonds. The molecule has 4 nitrogen and oxygen atoms in total. The zero-order chi connectivity index (χ0) is 9.68. The molecule has 0 radical (unpaired) electrons. The number of nitrogens with one attached hydrogen (secondary N) is 1. The average Bonchev–Trinajstić information content (AvgIpc) is 2.30. The smallest absolute Gasteiger partial charge is 0.314 e. The van der Waals surface area contributed by atoms with Gasteiger partial charge in [-0.05, 0) is 32.4 Å². The van der Waals surface area contributed by atoms with E-state index in [0.29, 0.717) is 5.92 Å². The van der Waals surface area contributed by atoms with Gasteiger partial charge < -0.3 is 16.0 Å². The lowest BCUT2D eigenvalue weighted by atomic mass is 10.0. The molecule has 1 saturated heterocycles. The van der Waals surface area contributed by atoms with Gasteiger partial charge in [0, 0.05) is 13.1 Å². The van der Waals surface area contributed by atoms with Crippen molar-refractivity contribution in [1.82, 2.24) is 10.2 Å². The maximum atomic E-state index is 11.0. The van der Waals surface area contributed by atoms with Crippen LogP contribution in [0.2, 0.25) is 0 Å². The lowest BCUT2D eigenvalue weighted by molar-refractivity contribution is 0.201. The van der Waals surface area contributed by atoms with Crippen LogP contribution in [-0.2, 0) is 0 Å². The fourth-order valence-electron chi connectivity index (χ4n) is 1.89. The van der Waals surface area contributed by atoms with Gasteiger partial charge in [0.2, 0.25) is 0 Å². The summed E-state index contributed by atoms with van der Waals surface area (Å²) >= 11 is 0. The highest BCUT2D eigenvalue weighted by atomic mass is 16.2. The Morgan fingerprint density at radius 2 is 2.38 bits per heavy atom. The molecule has 1 heterocycles. The average molecular weight is 185 g/mol. The van der Waals surface area contributed by atoms with Crippen molar-refractivity contribution >= 4 is 6.03 Å². The third kappa shape index (κ3) is 3.22. The summed E-state index contributed by atoms with van der Waals surface area (Å²) in [6.45, 7) is 2.62. The quantitative estimate of drug-likeness (QED) is 0.653. The first-order chi connectivity index (χ1) is 6.24. The molecule has 1 rings (SSSR count). The number of likely N-dealkylation sites (tertiary alicyclic amines) is 1. The topological polar surface area (TPSA) is 58.4 Å². The van der Waals surface area contributed by atoms with Crippen LogP contribution in [-0.4, -0.2) is 37.6 Å². The highest BCUT2D eigenvalue weighted by molar-refractivity contribution is 5.71. The summed E-state index contributed by atoms with van der Waals surface area (Å²) in [6, 6.07) is -0.275. The van der Waals surface area contributed by atoms with E-state index in [4.69, 9.17) is 5.73 Å². The molecule has 3 N–H and O–H groups in total. The summed E-state index contributed by atoms with van der Waals surface area (Å²) in [5, 5.41) is 3.15. The first kappa shape index (κ1) is 10.3. The molecule has 1 fully saturated rings. The van der Waals surface area contributed by atoms with Crippen LogP contribution in [0.25, 0.3) is 0 Å². The Morgan fingerprint density at radius 1 is 1.62 bits per heavy atom. The number of rotatable bonds is 2. The Morgan fingerprint density at radius 3 is 3.00 bits per heavy atom. The fourth-order valence-corrected chi connectivity index (χ4v) is 1.89.